The van der Waals surface area contributed by atoms with Gasteiger partial charge in [-0.1, -0.05) is 13.2 Å². The Kier molecular flexibility index (Phi) is 4.56. The Morgan fingerprint density at radius 2 is 1.82 bits per heavy atom. The molecule has 11 heavy (non-hydrogen) atoms. The van der Waals surface area contributed by atoms with Gasteiger partial charge in [0.15, 0.2) is 11.5 Å². The first-order chi connectivity index (χ1) is 5.29. The zero-order chi connectivity index (χ0) is 8.69. The van der Waals surface area contributed by atoms with Crippen LogP contribution in [0.3, 0.4) is 0 Å². The molecule has 0 fully saturated rings. The fourth-order valence-corrected chi connectivity index (χ4v) is 0.543. The van der Waals surface area contributed by atoms with Crippen LogP contribution >= 0.6 is 0 Å². The van der Waals surface area contributed by atoms with Crippen LogP contribution in [0.25, 0.3) is 0 Å². The lowest BCUT2D eigenvalue weighted by atomic mass is 10.4. The first-order valence-electron chi connectivity index (χ1n) is 2.93. The minimum atomic E-state index is 0.262. The maximum atomic E-state index is 9.92. The summed E-state index contributed by atoms with van der Waals surface area (Å²) in [7, 11) is 1.45. The summed E-state index contributed by atoms with van der Waals surface area (Å²) in [6.07, 6.45) is 2.80. The van der Waals surface area contributed by atoms with Crippen LogP contribution in [0.15, 0.2) is 36.8 Å². The molecule has 0 N–H and O–H groups in total. The molecule has 0 heterocycles. The second-order valence-electron chi connectivity index (χ2n) is 1.55. The lowest BCUT2D eigenvalue weighted by molar-refractivity contribution is -0.124. The first kappa shape index (κ1) is 9.49. The summed E-state index contributed by atoms with van der Waals surface area (Å²) in [5, 5.41) is 0. The molecule has 0 atom stereocenters. The Morgan fingerprint density at radius 3 is 2.09 bits per heavy atom. The normalized spacial score (nSPS) is 11.0. The number of carbonyl (C=O) groups excluding carboxylic acids is 1. The molecule has 0 saturated carbocycles. The molecular formula is C8H10O3. The minimum Gasteiger partial charge on any atom is -0.493 e. The standard InChI is InChI=1S/C8H10O3/c1-4-7(10-3)8(5-2)11-6-9/h4-6H,1-2H2,3H3. The van der Waals surface area contributed by atoms with Crippen LogP contribution in [0.1, 0.15) is 0 Å². The highest BCUT2D eigenvalue weighted by Crippen LogP contribution is 2.07. The van der Waals surface area contributed by atoms with Crippen LogP contribution < -0.4 is 0 Å². The molecule has 0 aromatic carbocycles. The number of methoxy groups -OCH3 is 1. The summed E-state index contributed by atoms with van der Waals surface area (Å²) in [5.41, 5.74) is 0. The lowest BCUT2D eigenvalue weighted by Crippen LogP contribution is -1.93. The molecule has 0 bridgehead atoms. The molecule has 0 spiro atoms. The maximum absolute atomic E-state index is 9.92. The van der Waals surface area contributed by atoms with E-state index in [4.69, 9.17) is 4.74 Å². The third kappa shape index (κ3) is 2.71. The van der Waals surface area contributed by atoms with E-state index in [2.05, 4.69) is 17.9 Å². The number of carbonyl (C=O) groups is 1. The summed E-state index contributed by atoms with van der Waals surface area (Å²) in [6, 6.07) is 0. The number of hydrogen-bond donors (Lipinski definition) is 0. The molecule has 0 saturated heterocycles. The van der Waals surface area contributed by atoms with Crippen molar-refractivity contribution in [3.63, 3.8) is 0 Å². The summed E-state index contributed by atoms with van der Waals surface area (Å²) in [6.45, 7) is 7.19. The third-order valence-corrected chi connectivity index (χ3v) is 1.01. The SMILES string of the molecule is C=CC(OC)=C(C=C)OC=O. The number of rotatable bonds is 5. The molecule has 60 valence electrons. The van der Waals surface area contributed by atoms with Gasteiger partial charge in [-0.15, -0.1) is 0 Å². The molecule has 0 amide bonds. The summed E-state index contributed by atoms with van der Waals surface area (Å²) < 4.78 is 9.33. The highest BCUT2D eigenvalue weighted by Gasteiger charge is 1.99. The van der Waals surface area contributed by atoms with Gasteiger partial charge in [-0.3, -0.25) is 4.79 Å². The highest BCUT2D eigenvalue weighted by atomic mass is 16.5. The average molecular weight is 154 g/mol. The highest BCUT2D eigenvalue weighted by molar-refractivity contribution is 5.42. The monoisotopic (exact) mass is 154 g/mol. The zero-order valence-electron chi connectivity index (χ0n) is 6.37. The van der Waals surface area contributed by atoms with Gasteiger partial charge in [0.2, 0.25) is 0 Å². The topological polar surface area (TPSA) is 35.5 Å². The van der Waals surface area contributed by atoms with E-state index in [1.165, 1.54) is 19.3 Å². The van der Waals surface area contributed by atoms with E-state index in [9.17, 15) is 4.79 Å². The van der Waals surface area contributed by atoms with E-state index >= 15 is 0 Å². The van der Waals surface area contributed by atoms with Crippen molar-refractivity contribution in [1.29, 1.82) is 0 Å². The van der Waals surface area contributed by atoms with E-state index in [-0.39, 0.29) is 5.76 Å². The molecule has 0 unspecified atom stereocenters. The van der Waals surface area contributed by atoms with Gasteiger partial charge in [0.25, 0.3) is 6.47 Å². The second-order valence-corrected chi connectivity index (χ2v) is 1.55. The average Bonchev–Trinajstić information content (AvgIpc) is 2.05. The van der Waals surface area contributed by atoms with Crippen molar-refractivity contribution >= 4 is 6.47 Å². The third-order valence-electron chi connectivity index (χ3n) is 1.01. The Labute approximate surface area is 65.6 Å². The predicted molar refractivity (Wildman–Crippen MR) is 41.6 cm³/mol. The Hall–Kier alpha value is -1.51. The number of ether oxygens (including phenoxy) is 2. The van der Waals surface area contributed by atoms with Gasteiger partial charge in [-0.2, -0.15) is 0 Å². The van der Waals surface area contributed by atoms with Crippen LogP contribution in [-0.4, -0.2) is 13.6 Å². The molecule has 0 rings (SSSR count). The fraction of sp³-hybridized carbons (Fsp3) is 0.125. The van der Waals surface area contributed by atoms with E-state index < -0.39 is 0 Å². The predicted octanol–water partition coefficient (Wildman–Crippen LogP) is 1.39. The molecule has 0 aromatic heterocycles. The van der Waals surface area contributed by atoms with E-state index in [1.807, 2.05) is 0 Å². The maximum Gasteiger partial charge on any atom is 0.298 e. The largest absolute Gasteiger partial charge is 0.493 e. The Bertz CT molecular complexity index is 192. The number of allylic oxidation sites excluding steroid dienone is 2. The van der Waals surface area contributed by atoms with Gasteiger partial charge < -0.3 is 9.47 Å². The molecule has 3 heteroatoms. The molecule has 0 aliphatic rings. The lowest BCUT2D eigenvalue weighted by Gasteiger charge is -2.03. The van der Waals surface area contributed by atoms with Crippen LogP contribution in [0.4, 0.5) is 0 Å². The van der Waals surface area contributed by atoms with Crippen molar-refractivity contribution in [1.82, 2.24) is 0 Å². The fourth-order valence-electron chi connectivity index (χ4n) is 0.543. The molecular weight excluding hydrogens is 144 g/mol. The quantitative estimate of drug-likeness (QED) is 0.341. The van der Waals surface area contributed by atoms with Gasteiger partial charge in [-0.05, 0) is 12.2 Å². The van der Waals surface area contributed by atoms with Crippen molar-refractivity contribution in [2.75, 3.05) is 7.11 Å². The smallest absolute Gasteiger partial charge is 0.298 e. The van der Waals surface area contributed by atoms with E-state index in [0.29, 0.717) is 12.2 Å². The molecule has 0 aliphatic carbocycles. The van der Waals surface area contributed by atoms with Gasteiger partial charge >= 0.3 is 0 Å². The van der Waals surface area contributed by atoms with E-state index in [0.717, 1.165) is 0 Å². The van der Waals surface area contributed by atoms with Crippen molar-refractivity contribution < 1.29 is 14.3 Å². The van der Waals surface area contributed by atoms with Crippen LogP contribution in [0.2, 0.25) is 0 Å². The molecule has 3 nitrogen and oxygen atoms in total. The summed E-state index contributed by atoms with van der Waals surface area (Å²) >= 11 is 0. The van der Waals surface area contributed by atoms with Gasteiger partial charge in [0.05, 0.1) is 7.11 Å². The second kappa shape index (κ2) is 5.29. The number of hydrogen-bond acceptors (Lipinski definition) is 3. The van der Waals surface area contributed by atoms with Crippen LogP contribution in [0.5, 0.6) is 0 Å². The first-order valence-corrected chi connectivity index (χ1v) is 2.93. The van der Waals surface area contributed by atoms with Crippen molar-refractivity contribution in [3.05, 3.63) is 36.8 Å². The molecule has 0 aliphatic heterocycles. The van der Waals surface area contributed by atoms with Gasteiger partial charge in [0, 0.05) is 0 Å². The summed E-state index contributed by atoms with van der Waals surface area (Å²) in [4.78, 5) is 9.92. The van der Waals surface area contributed by atoms with Gasteiger partial charge in [0.1, 0.15) is 0 Å². The van der Waals surface area contributed by atoms with Crippen molar-refractivity contribution in [3.8, 4) is 0 Å². The van der Waals surface area contributed by atoms with Crippen molar-refractivity contribution in [2.45, 2.75) is 0 Å². The van der Waals surface area contributed by atoms with Crippen molar-refractivity contribution in [2.24, 2.45) is 0 Å². The Morgan fingerprint density at radius 1 is 1.27 bits per heavy atom. The molecule has 0 aromatic rings. The zero-order valence-corrected chi connectivity index (χ0v) is 6.37. The molecule has 0 radical (unpaired) electrons. The minimum absolute atomic E-state index is 0.262. The Balaban J connectivity index is 4.59. The summed E-state index contributed by atoms with van der Waals surface area (Å²) in [5.74, 6) is 0.643. The van der Waals surface area contributed by atoms with E-state index in [1.54, 1.807) is 0 Å². The van der Waals surface area contributed by atoms with Crippen LogP contribution in [0, 0.1) is 0 Å². The van der Waals surface area contributed by atoms with Gasteiger partial charge in [-0.25, -0.2) is 0 Å². The van der Waals surface area contributed by atoms with Crippen LogP contribution in [-0.2, 0) is 14.3 Å².